The molecule has 1 aliphatic rings. The topological polar surface area (TPSA) is 37.4 Å². The summed E-state index contributed by atoms with van der Waals surface area (Å²) in [6.07, 6.45) is 6.04. The highest BCUT2D eigenvalue weighted by atomic mass is 16.2. The van der Waals surface area contributed by atoms with Gasteiger partial charge in [0.15, 0.2) is 5.78 Å². The first kappa shape index (κ1) is 12.2. The Labute approximate surface area is 91.8 Å². The van der Waals surface area contributed by atoms with Crippen molar-refractivity contribution in [2.24, 2.45) is 0 Å². The molecule has 1 saturated heterocycles. The van der Waals surface area contributed by atoms with Crippen LogP contribution in [0.25, 0.3) is 0 Å². The van der Waals surface area contributed by atoms with Crippen LogP contribution in [0.1, 0.15) is 52.4 Å². The molecule has 0 N–H and O–H groups in total. The number of likely N-dealkylation sites (tertiary alicyclic amines) is 1. The predicted molar refractivity (Wildman–Crippen MR) is 59.6 cm³/mol. The summed E-state index contributed by atoms with van der Waals surface area (Å²) in [5.74, 6) is 0.0865. The van der Waals surface area contributed by atoms with Gasteiger partial charge in [0.1, 0.15) is 0 Å². The molecule has 1 unspecified atom stereocenters. The van der Waals surface area contributed by atoms with E-state index in [1.807, 2.05) is 6.92 Å². The molecule has 1 atom stereocenters. The molecule has 0 bridgehead atoms. The lowest BCUT2D eigenvalue weighted by Gasteiger charge is -2.23. The Hall–Kier alpha value is -0.860. The molecule has 3 heteroatoms. The summed E-state index contributed by atoms with van der Waals surface area (Å²) >= 11 is 0. The van der Waals surface area contributed by atoms with Crippen molar-refractivity contribution in [3.63, 3.8) is 0 Å². The average molecular weight is 211 g/mol. The molecule has 0 aromatic carbocycles. The van der Waals surface area contributed by atoms with Gasteiger partial charge in [0.05, 0.1) is 13.0 Å². The minimum Gasteiger partial charge on any atom is -0.332 e. The number of amides is 1. The molecular weight excluding hydrogens is 190 g/mol. The first-order chi connectivity index (χ1) is 7.15. The first-order valence-corrected chi connectivity index (χ1v) is 5.96. The number of ketones is 1. The maximum absolute atomic E-state index is 11.4. The zero-order chi connectivity index (χ0) is 11.3. The third kappa shape index (κ3) is 3.65. The average Bonchev–Trinajstić information content (AvgIpc) is 2.52. The van der Waals surface area contributed by atoms with Crippen molar-refractivity contribution < 1.29 is 9.59 Å². The van der Waals surface area contributed by atoms with Crippen LogP contribution in [0.3, 0.4) is 0 Å². The summed E-state index contributed by atoms with van der Waals surface area (Å²) in [5.41, 5.74) is 0. The molecule has 86 valence electrons. The van der Waals surface area contributed by atoms with Crippen molar-refractivity contribution in [2.45, 2.75) is 58.4 Å². The van der Waals surface area contributed by atoms with Crippen molar-refractivity contribution in [3.8, 4) is 0 Å². The summed E-state index contributed by atoms with van der Waals surface area (Å²) in [6, 6.07) is 0.237. The van der Waals surface area contributed by atoms with Gasteiger partial charge in [-0.15, -0.1) is 0 Å². The van der Waals surface area contributed by atoms with Gasteiger partial charge in [-0.05, 0) is 13.3 Å². The lowest BCUT2D eigenvalue weighted by Crippen LogP contribution is -2.34. The summed E-state index contributed by atoms with van der Waals surface area (Å²) < 4.78 is 0. The zero-order valence-electron chi connectivity index (χ0n) is 9.79. The maximum atomic E-state index is 11.4. The van der Waals surface area contributed by atoms with Crippen molar-refractivity contribution in [1.82, 2.24) is 4.90 Å². The molecule has 1 heterocycles. The fraction of sp³-hybridized carbons (Fsp3) is 0.833. The molecule has 1 fully saturated rings. The van der Waals surface area contributed by atoms with Gasteiger partial charge < -0.3 is 4.90 Å². The number of nitrogens with zero attached hydrogens (tertiary/aromatic N) is 1. The monoisotopic (exact) mass is 211 g/mol. The van der Waals surface area contributed by atoms with Crippen LogP contribution in [0.2, 0.25) is 0 Å². The fourth-order valence-corrected chi connectivity index (χ4v) is 2.03. The molecule has 0 spiro atoms. The van der Waals surface area contributed by atoms with Crippen LogP contribution in [0, 0.1) is 0 Å². The number of carbonyl (C=O) groups is 2. The third-order valence-electron chi connectivity index (χ3n) is 3.02. The quantitative estimate of drug-likeness (QED) is 0.498. The SMILES string of the molecule is CCCCCCC(C)N1CC(=O)CC1=O. The highest BCUT2D eigenvalue weighted by Gasteiger charge is 2.30. The number of unbranched alkanes of at least 4 members (excludes halogenated alkanes) is 3. The van der Waals surface area contributed by atoms with E-state index < -0.39 is 0 Å². The minimum absolute atomic E-state index is 0.0167. The van der Waals surface area contributed by atoms with Gasteiger partial charge in [-0.25, -0.2) is 0 Å². The predicted octanol–water partition coefficient (Wildman–Crippen LogP) is 2.15. The van der Waals surface area contributed by atoms with E-state index in [0.717, 1.165) is 12.8 Å². The highest BCUT2D eigenvalue weighted by molar-refractivity contribution is 6.05. The van der Waals surface area contributed by atoms with Gasteiger partial charge in [-0.2, -0.15) is 0 Å². The number of hydrogen-bond donors (Lipinski definition) is 0. The summed E-state index contributed by atoms with van der Waals surface area (Å²) in [5, 5.41) is 0. The molecule has 1 amide bonds. The number of hydrogen-bond acceptors (Lipinski definition) is 2. The highest BCUT2D eigenvalue weighted by Crippen LogP contribution is 2.16. The summed E-state index contributed by atoms with van der Waals surface area (Å²) in [6.45, 7) is 4.57. The Morgan fingerprint density at radius 2 is 2.00 bits per heavy atom. The molecule has 1 rings (SSSR count). The van der Waals surface area contributed by atoms with E-state index in [9.17, 15) is 9.59 Å². The van der Waals surface area contributed by atoms with Crippen molar-refractivity contribution in [2.75, 3.05) is 6.54 Å². The molecule has 3 nitrogen and oxygen atoms in total. The molecular formula is C12H21NO2. The summed E-state index contributed by atoms with van der Waals surface area (Å²) in [7, 11) is 0. The second kappa shape index (κ2) is 5.89. The Bertz CT molecular complexity index is 238. The summed E-state index contributed by atoms with van der Waals surface area (Å²) in [4.78, 5) is 24.2. The number of carbonyl (C=O) groups excluding carboxylic acids is 2. The second-order valence-electron chi connectivity index (χ2n) is 4.44. The van der Waals surface area contributed by atoms with E-state index in [-0.39, 0.29) is 24.2 Å². The Balaban J connectivity index is 2.24. The van der Waals surface area contributed by atoms with Crippen LogP contribution >= 0.6 is 0 Å². The van der Waals surface area contributed by atoms with Gasteiger partial charge in [0, 0.05) is 6.04 Å². The van der Waals surface area contributed by atoms with Gasteiger partial charge in [-0.1, -0.05) is 32.6 Å². The number of Topliss-reactive ketones (excluding diaryl/α,β-unsaturated/α-hetero) is 1. The van der Waals surface area contributed by atoms with E-state index in [4.69, 9.17) is 0 Å². The van der Waals surface area contributed by atoms with Crippen molar-refractivity contribution >= 4 is 11.7 Å². The van der Waals surface area contributed by atoms with Crippen LogP contribution in [-0.2, 0) is 9.59 Å². The van der Waals surface area contributed by atoms with Crippen LogP contribution < -0.4 is 0 Å². The van der Waals surface area contributed by atoms with E-state index in [1.165, 1.54) is 19.3 Å². The van der Waals surface area contributed by atoms with Gasteiger partial charge in [-0.3, -0.25) is 9.59 Å². The molecule has 0 radical (unpaired) electrons. The van der Waals surface area contributed by atoms with Crippen LogP contribution in [-0.4, -0.2) is 29.2 Å². The third-order valence-corrected chi connectivity index (χ3v) is 3.02. The van der Waals surface area contributed by atoms with Crippen molar-refractivity contribution in [3.05, 3.63) is 0 Å². The lowest BCUT2D eigenvalue weighted by atomic mass is 10.1. The Kier molecular flexibility index (Phi) is 4.79. The molecule has 15 heavy (non-hydrogen) atoms. The smallest absolute Gasteiger partial charge is 0.230 e. The molecule has 0 aromatic rings. The van der Waals surface area contributed by atoms with Gasteiger partial charge >= 0.3 is 0 Å². The van der Waals surface area contributed by atoms with Gasteiger partial charge in [0.2, 0.25) is 5.91 Å². The van der Waals surface area contributed by atoms with Crippen LogP contribution in [0.15, 0.2) is 0 Å². The molecule has 0 aliphatic carbocycles. The van der Waals surface area contributed by atoms with Crippen LogP contribution in [0.4, 0.5) is 0 Å². The van der Waals surface area contributed by atoms with Crippen molar-refractivity contribution in [1.29, 1.82) is 0 Å². The molecule has 0 aromatic heterocycles. The maximum Gasteiger partial charge on any atom is 0.230 e. The number of rotatable bonds is 6. The van der Waals surface area contributed by atoms with Crippen LogP contribution in [0.5, 0.6) is 0 Å². The second-order valence-corrected chi connectivity index (χ2v) is 4.44. The Morgan fingerprint density at radius 1 is 1.27 bits per heavy atom. The standard InChI is InChI=1S/C12H21NO2/c1-3-4-5-6-7-10(2)13-9-11(14)8-12(13)15/h10H,3-9H2,1-2H3. The van der Waals surface area contributed by atoms with E-state index in [0.29, 0.717) is 6.54 Å². The lowest BCUT2D eigenvalue weighted by molar-refractivity contribution is -0.129. The zero-order valence-corrected chi connectivity index (χ0v) is 9.79. The van der Waals surface area contributed by atoms with Gasteiger partial charge in [0.25, 0.3) is 0 Å². The van der Waals surface area contributed by atoms with E-state index >= 15 is 0 Å². The first-order valence-electron chi connectivity index (χ1n) is 5.96. The van der Waals surface area contributed by atoms with E-state index in [2.05, 4.69) is 6.92 Å². The fourth-order valence-electron chi connectivity index (χ4n) is 2.03. The Morgan fingerprint density at radius 3 is 2.53 bits per heavy atom. The minimum atomic E-state index is 0.0167. The molecule has 1 aliphatic heterocycles. The van der Waals surface area contributed by atoms with E-state index in [1.54, 1.807) is 4.90 Å². The normalized spacial score (nSPS) is 18.7. The largest absolute Gasteiger partial charge is 0.332 e. The molecule has 0 saturated carbocycles.